The maximum Gasteiger partial charge on any atom is 0.0738 e. The molecule has 0 aliphatic carbocycles. The van der Waals surface area contributed by atoms with Gasteiger partial charge < -0.3 is 0 Å². The van der Waals surface area contributed by atoms with Crippen molar-refractivity contribution in [2.45, 2.75) is 46.2 Å². The van der Waals surface area contributed by atoms with Crippen LogP contribution in [0.1, 0.15) is 41.7 Å². The van der Waals surface area contributed by atoms with Gasteiger partial charge in [-0.1, -0.05) is 6.92 Å². The van der Waals surface area contributed by atoms with E-state index in [2.05, 4.69) is 51.7 Å². The number of aryl methyl sites for hydroxylation is 3. The summed E-state index contributed by atoms with van der Waals surface area (Å²) in [6, 6.07) is 2.31. The fourth-order valence-electron chi connectivity index (χ4n) is 2.43. The van der Waals surface area contributed by atoms with E-state index >= 15 is 0 Å². The fourth-order valence-corrected chi connectivity index (χ4v) is 3.93. The van der Waals surface area contributed by atoms with Gasteiger partial charge in [0, 0.05) is 17.8 Å². The Bertz CT molecular complexity index is 576. The Morgan fingerprint density at radius 3 is 2.85 bits per heavy atom. The summed E-state index contributed by atoms with van der Waals surface area (Å²) in [5.41, 5.74) is 6.56. The molecule has 0 bridgehead atoms. The molecule has 2 rings (SSSR count). The lowest BCUT2D eigenvalue weighted by Gasteiger charge is -2.17. The first-order chi connectivity index (χ1) is 9.62. The number of hydrogen-bond acceptors (Lipinski definition) is 4. The highest BCUT2D eigenvalue weighted by molar-refractivity contribution is 9.10. The molecule has 0 radical (unpaired) electrons. The second kappa shape index (κ2) is 6.85. The molecule has 0 fully saturated rings. The summed E-state index contributed by atoms with van der Waals surface area (Å²) in [5.74, 6) is 5.80. The van der Waals surface area contributed by atoms with E-state index in [9.17, 15) is 0 Å². The van der Waals surface area contributed by atoms with Gasteiger partial charge in [0.15, 0.2) is 0 Å². The summed E-state index contributed by atoms with van der Waals surface area (Å²) in [4.78, 5) is 1.32. The lowest BCUT2D eigenvalue weighted by atomic mass is 10.1. The van der Waals surface area contributed by atoms with Crippen LogP contribution in [0.2, 0.25) is 0 Å². The predicted octanol–water partition coefficient (Wildman–Crippen LogP) is 3.34. The molecule has 0 aromatic carbocycles. The molecule has 0 amide bonds. The summed E-state index contributed by atoms with van der Waals surface area (Å²) in [5, 5.41) is 6.68. The van der Waals surface area contributed by atoms with Crippen LogP contribution in [0.15, 0.2) is 15.9 Å². The summed E-state index contributed by atoms with van der Waals surface area (Å²) < 4.78 is 3.14. The quantitative estimate of drug-likeness (QED) is 0.616. The molecule has 3 N–H and O–H groups in total. The SMILES string of the molecule is CCc1ccsc1C(Cc1c(Br)c(C)nn1CC)NN. The fraction of sp³-hybridized carbons (Fsp3) is 0.500. The normalized spacial score (nSPS) is 12.8. The monoisotopic (exact) mass is 356 g/mol. The van der Waals surface area contributed by atoms with Crippen LogP contribution in [0.5, 0.6) is 0 Å². The summed E-state index contributed by atoms with van der Waals surface area (Å²) in [7, 11) is 0. The number of thiophene rings is 1. The summed E-state index contributed by atoms with van der Waals surface area (Å²) in [6.45, 7) is 7.17. The molecular weight excluding hydrogens is 336 g/mol. The van der Waals surface area contributed by atoms with Gasteiger partial charge in [0.2, 0.25) is 0 Å². The van der Waals surface area contributed by atoms with Crippen molar-refractivity contribution < 1.29 is 0 Å². The molecule has 0 aliphatic heterocycles. The van der Waals surface area contributed by atoms with Gasteiger partial charge in [-0.15, -0.1) is 11.3 Å². The Morgan fingerprint density at radius 1 is 1.50 bits per heavy atom. The highest BCUT2D eigenvalue weighted by atomic mass is 79.9. The smallest absolute Gasteiger partial charge is 0.0738 e. The van der Waals surface area contributed by atoms with E-state index < -0.39 is 0 Å². The molecular formula is C14H21BrN4S. The van der Waals surface area contributed by atoms with Crippen LogP contribution in [0.4, 0.5) is 0 Å². The first-order valence-electron chi connectivity index (χ1n) is 6.86. The van der Waals surface area contributed by atoms with E-state index in [0.717, 1.165) is 29.6 Å². The molecule has 2 aromatic rings. The van der Waals surface area contributed by atoms with Crippen molar-refractivity contribution in [2.24, 2.45) is 5.84 Å². The van der Waals surface area contributed by atoms with E-state index in [1.165, 1.54) is 16.1 Å². The van der Waals surface area contributed by atoms with E-state index in [1.54, 1.807) is 11.3 Å². The summed E-state index contributed by atoms with van der Waals surface area (Å²) >= 11 is 5.41. The molecule has 110 valence electrons. The molecule has 0 saturated carbocycles. The maximum absolute atomic E-state index is 5.80. The molecule has 0 aliphatic rings. The molecule has 0 spiro atoms. The minimum atomic E-state index is 0.127. The van der Waals surface area contributed by atoms with Crippen LogP contribution in [0.3, 0.4) is 0 Å². The zero-order valence-corrected chi connectivity index (χ0v) is 14.5. The van der Waals surface area contributed by atoms with Crippen molar-refractivity contribution in [1.82, 2.24) is 15.2 Å². The third kappa shape index (κ3) is 2.98. The second-order valence-corrected chi connectivity index (χ2v) is 6.49. The topological polar surface area (TPSA) is 55.9 Å². The lowest BCUT2D eigenvalue weighted by molar-refractivity contribution is 0.519. The van der Waals surface area contributed by atoms with E-state index in [1.807, 2.05) is 11.6 Å². The molecule has 0 saturated heterocycles. The van der Waals surface area contributed by atoms with Gasteiger partial charge in [-0.05, 0) is 53.2 Å². The third-order valence-corrected chi connectivity index (χ3v) is 5.63. The number of rotatable bonds is 6. The largest absolute Gasteiger partial charge is 0.271 e. The molecule has 1 unspecified atom stereocenters. The van der Waals surface area contributed by atoms with Gasteiger partial charge in [0.1, 0.15) is 0 Å². The number of halogens is 1. The minimum absolute atomic E-state index is 0.127. The maximum atomic E-state index is 5.80. The number of nitrogens with one attached hydrogen (secondary N) is 1. The first-order valence-corrected chi connectivity index (χ1v) is 8.53. The van der Waals surface area contributed by atoms with Gasteiger partial charge in [-0.25, -0.2) is 0 Å². The average Bonchev–Trinajstić information content (AvgIpc) is 3.03. The van der Waals surface area contributed by atoms with Gasteiger partial charge in [-0.3, -0.25) is 16.0 Å². The highest BCUT2D eigenvalue weighted by Gasteiger charge is 2.20. The van der Waals surface area contributed by atoms with Crippen molar-refractivity contribution in [3.8, 4) is 0 Å². The number of nitrogens with two attached hydrogens (primary N) is 1. The lowest BCUT2D eigenvalue weighted by Crippen LogP contribution is -2.30. The van der Waals surface area contributed by atoms with Gasteiger partial charge in [-0.2, -0.15) is 5.10 Å². The minimum Gasteiger partial charge on any atom is -0.271 e. The van der Waals surface area contributed by atoms with Crippen LogP contribution in [-0.2, 0) is 19.4 Å². The highest BCUT2D eigenvalue weighted by Crippen LogP contribution is 2.30. The molecule has 2 heterocycles. The molecule has 20 heavy (non-hydrogen) atoms. The molecule has 2 aromatic heterocycles. The Hall–Kier alpha value is -0.690. The molecule has 4 nitrogen and oxygen atoms in total. The Kier molecular flexibility index (Phi) is 5.37. The third-order valence-electron chi connectivity index (χ3n) is 3.53. The number of aromatic nitrogens is 2. The van der Waals surface area contributed by atoms with Crippen molar-refractivity contribution in [3.63, 3.8) is 0 Å². The van der Waals surface area contributed by atoms with Crippen molar-refractivity contribution in [2.75, 3.05) is 0 Å². The molecule has 1 atom stereocenters. The van der Waals surface area contributed by atoms with Crippen molar-refractivity contribution in [3.05, 3.63) is 37.7 Å². The van der Waals surface area contributed by atoms with E-state index in [4.69, 9.17) is 5.84 Å². The zero-order chi connectivity index (χ0) is 14.7. The zero-order valence-electron chi connectivity index (χ0n) is 12.1. The van der Waals surface area contributed by atoms with Crippen LogP contribution in [0, 0.1) is 6.92 Å². The number of nitrogens with zero attached hydrogens (tertiary/aromatic N) is 2. The number of hydrogen-bond donors (Lipinski definition) is 2. The van der Waals surface area contributed by atoms with E-state index in [0.29, 0.717) is 0 Å². The Labute approximate surface area is 132 Å². The van der Waals surface area contributed by atoms with Crippen LogP contribution in [-0.4, -0.2) is 9.78 Å². The van der Waals surface area contributed by atoms with E-state index in [-0.39, 0.29) is 6.04 Å². The Balaban J connectivity index is 2.31. The predicted molar refractivity (Wildman–Crippen MR) is 87.8 cm³/mol. The van der Waals surface area contributed by atoms with Crippen LogP contribution < -0.4 is 11.3 Å². The molecule has 6 heteroatoms. The second-order valence-electron chi connectivity index (χ2n) is 4.75. The van der Waals surface area contributed by atoms with Crippen LogP contribution in [0.25, 0.3) is 0 Å². The van der Waals surface area contributed by atoms with Gasteiger partial charge in [0.25, 0.3) is 0 Å². The number of hydrazine groups is 1. The summed E-state index contributed by atoms with van der Waals surface area (Å²) in [6.07, 6.45) is 1.86. The van der Waals surface area contributed by atoms with Crippen molar-refractivity contribution >= 4 is 27.3 Å². The van der Waals surface area contributed by atoms with Crippen LogP contribution >= 0.6 is 27.3 Å². The Morgan fingerprint density at radius 2 is 2.25 bits per heavy atom. The average molecular weight is 357 g/mol. The van der Waals surface area contributed by atoms with Crippen molar-refractivity contribution in [1.29, 1.82) is 0 Å². The first kappa shape index (κ1) is 15.7. The van der Waals surface area contributed by atoms with Gasteiger partial charge in [0.05, 0.1) is 21.9 Å². The van der Waals surface area contributed by atoms with Gasteiger partial charge >= 0.3 is 0 Å². The standard InChI is InChI=1S/C14H21BrN4S/c1-4-10-6-7-20-14(10)11(17-16)8-12-13(15)9(3)18-19(12)5-2/h6-7,11,17H,4-5,8,16H2,1-3H3.